The van der Waals surface area contributed by atoms with Crippen LogP contribution in [0, 0.1) is 17.8 Å². The maximum absolute atomic E-state index is 12.4. The standard InChI is InChI=1S/C27H40N2O4/c1-17(25(30)32-5)24(20-7-8-20)21-9-6-18-10-11-22(28-23(18)16-21)19-12-14-29(15-13-19)26(31)33-27(2,3)4/h6,9,16-17,19-20,22,24,28H,7-8,10-15H2,1-5H3/t17-,22+,24-/m0/s1. The molecule has 2 heterocycles. The number of ether oxygens (including phenoxy) is 2. The molecule has 1 N–H and O–H groups in total. The summed E-state index contributed by atoms with van der Waals surface area (Å²) in [7, 11) is 1.48. The Bertz CT molecular complexity index is 865. The Hall–Kier alpha value is -2.24. The number of rotatable bonds is 5. The number of likely N-dealkylation sites (tertiary alicyclic amines) is 1. The van der Waals surface area contributed by atoms with Crippen molar-refractivity contribution in [3.05, 3.63) is 29.3 Å². The highest BCUT2D eigenvalue weighted by molar-refractivity contribution is 5.73. The predicted octanol–water partition coefficient (Wildman–Crippen LogP) is 5.36. The number of carbonyl (C=O) groups excluding carboxylic acids is 2. The van der Waals surface area contributed by atoms with E-state index >= 15 is 0 Å². The summed E-state index contributed by atoms with van der Waals surface area (Å²) >= 11 is 0. The second kappa shape index (κ2) is 9.55. The Kier molecular flexibility index (Phi) is 6.92. The number of aryl methyl sites for hydroxylation is 1. The number of esters is 1. The molecule has 0 radical (unpaired) electrons. The highest BCUT2D eigenvalue weighted by atomic mass is 16.6. The van der Waals surface area contributed by atoms with Crippen molar-refractivity contribution in [2.75, 3.05) is 25.5 Å². The normalized spacial score (nSPS) is 23.2. The van der Waals surface area contributed by atoms with Crippen LogP contribution < -0.4 is 5.32 Å². The van der Waals surface area contributed by atoms with Gasteiger partial charge in [-0.2, -0.15) is 0 Å². The van der Waals surface area contributed by atoms with Crippen molar-refractivity contribution in [2.24, 2.45) is 17.8 Å². The van der Waals surface area contributed by atoms with Crippen molar-refractivity contribution in [2.45, 2.75) is 83.8 Å². The van der Waals surface area contributed by atoms with E-state index in [1.165, 1.54) is 36.8 Å². The van der Waals surface area contributed by atoms with Crippen molar-refractivity contribution in [3.63, 3.8) is 0 Å². The summed E-state index contributed by atoms with van der Waals surface area (Å²) in [4.78, 5) is 26.5. The lowest BCUT2D eigenvalue weighted by molar-refractivity contribution is -0.145. The molecule has 2 fully saturated rings. The number of nitrogens with one attached hydrogen (secondary N) is 1. The van der Waals surface area contributed by atoms with Crippen LogP contribution in [0.5, 0.6) is 0 Å². The van der Waals surface area contributed by atoms with Crippen molar-refractivity contribution >= 4 is 17.7 Å². The Morgan fingerprint density at radius 3 is 2.39 bits per heavy atom. The monoisotopic (exact) mass is 456 g/mol. The molecular formula is C27H40N2O4. The maximum Gasteiger partial charge on any atom is 0.410 e. The second-order valence-electron chi connectivity index (χ2n) is 11.2. The van der Waals surface area contributed by atoms with E-state index in [0.717, 1.165) is 38.8 Å². The number of hydrogen-bond acceptors (Lipinski definition) is 5. The fraction of sp³-hybridized carbons (Fsp3) is 0.704. The minimum Gasteiger partial charge on any atom is -0.469 e. The van der Waals surface area contributed by atoms with Crippen molar-refractivity contribution < 1.29 is 19.1 Å². The number of carbonyl (C=O) groups is 2. The molecule has 6 nitrogen and oxygen atoms in total. The first kappa shape index (κ1) is 23.9. The Labute approximate surface area is 198 Å². The van der Waals surface area contributed by atoms with E-state index in [1.54, 1.807) is 0 Å². The van der Waals surface area contributed by atoms with Gasteiger partial charge in [-0.3, -0.25) is 4.79 Å². The van der Waals surface area contributed by atoms with Crippen LogP contribution in [0.25, 0.3) is 0 Å². The number of hydrogen-bond donors (Lipinski definition) is 1. The van der Waals surface area contributed by atoms with Crippen molar-refractivity contribution in [1.82, 2.24) is 4.90 Å². The first-order valence-electron chi connectivity index (χ1n) is 12.6. The molecule has 182 valence electrons. The Balaban J connectivity index is 1.40. The molecule has 3 aliphatic rings. The minimum absolute atomic E-state index is 0.118. The Morgan fingerprint density at radius 1 is 1.09 bits per heavy atom. The molecule has 3 atom stereocenters. The zero-order valence-corrected chi connectivity index (χ0v) is 20.9. The van der Waals surface area contributed by atoms with E-state index in [0.29, 0.717) is 17.9 Å². The topological polar surface area (TPSA) is 67.9 Å². The van der Waals surface area contributed by atoms with Crippen LogP contribution in [0.3, 0.4) is 0 Å². The summed E-state index contributed by atoms with van der Waals surface area (Å²) in [6.07, 6.45) is 6.36. The van der Waals surface area contributed by atoms with Crippen LogP contribution in [0.2, 0.25) is 0 Å². The van der Waals surface area contributed by atoms with E-state index in [-0.39, 0.29) is 23.9 Å². The number of fused-ring (bicyclic) bond motifs is 1. The smallest absolute Gasteiger partial charge is 0.410 e. The quantitative estimate of drug-likeness (QED) is 0.604. The van der Waals surface area contributed by atoms with Gasteiger partial charge in [0.25, 0.3) is 0 Å². The Morgan fingerprint density at radius 2 is 1.79 bits per heavy atom. The molecule has 1 saturated heterocycles. The number of amides is 1. The third kappa shape index (κ3) is 5.64. The molecule has 1 aliphatic carbocycles. The lowest BCUT2D eigenvalue weighted by atomic mass is 9.80. The van der Waals surface area contributed by atoms with Gasteiger partial charge in [0.2, 0.25) is 0 Å². The molecule has 1 aromatic carbocycles. The number of methoxy groups -OCH3 is 1. The van der Waals surface area contributed by atoms with Crippen LogP contribution >= 0.6 is 0 Å². The third-order valence-electron chi connectivity index (χ3n) is 7.59. The van der Waals surface area contributed by atoms with E-state index in [2.05, 4.69) is 23.5 Å². The van der Waals surface area contributed by atoms with Crippen LogP contribution in [-0.2, 0) is 20.7 Å². The molecule has 1 aromatic rings. The van der Waals surface area contributed by atoms with Crippen molar-refractivity contribution in [1.29, 1.82) is 0 Å². The lowest BCUT2D eigenvalue weighted by Crippen LogP contribution is -2.45. The minimum atomic E-state index is -0.454. The maximum atomic E-state index is 12.4. The highest BCUT2D eigenvalue weighted by Crippen LogP contribution is 2.48. The van der Waals surface area contributed by atoms with Crippen LogP contribution in [0.4, 0.5) is 10.5 Å². The molecule has 0 unspecified atom stereocenters. The van der Waals surface area contributed by atoms with Gasteiger partial charge in [0.15, 0.2) is 0 Å². The van der Waals surface area contributed by atoms with Gasteiger partial charge in [-0.15, -0.1) is 0 Å². The van der Waals surface area contributed by atoms with Gasteiger partial charge in [-0.1, -0.05) is 19.1 Å². The van der Waals surface area contributed by atoms with Gasteiger partial charge in [0, 0.05) is 24.8 Å². The first-order chi connectivity index (χ1) is 15.7. The largest absolute Gasteiger partial charge is 0.469 e. The molecule has 0 spiro atoms. The number of piperidine rings is 1. The van der Waals surface area contributed by atoms with E-state index in [4.69, 9.17) is 9.47 Å². The number of benzene rings is 1. The van der Waals surface area contributed by atoms with Crippen molar-refractivity contribution in [3.8, 4) is 0 Å². The van der Waals surface area contributed by atoms with Gasteiger partial charge in [-0.25, -0.2) is 4.79 Å². The molecule has 2 aliphatic heterocycles. The molecule has 0 bridgehead atoms. The van der Waals surface area contributed by atoms with Crippen LogP contribution in [-0.4, -0.2) is 48.8 Å². The zero-order chi connectivity index (χ0) is 23.8. The highest BCUT2D eigenvalue weighted by Gasteiger charge is 2.40. The summed E-state index contributed by atoms with van der Waals surface area (Å²) in [6, 6.07) is 7.19. The summed E-state index contributed by atoms with van der Waals surface area (Å²) in [5, 5.41) is 3.83. The van der Waals surface area contributed by atoms with Gasteiger partial charge in [0.05, 0.1) is 13.0 Å². The third-order valence-corrected chi connectivity index (χ3v) is 7.59. The molecule has 1 amide bonds. The molecule has 4 rings (SSSR count). The second-order valence-corrected chi connectivity index (χ2v) is 11.2. The average molecular weight is 457 g/mol. The number of nitrogens with zero attached hydrogens (tertiary/aromatic N) is 1. The van der Waals surface area contributed by atoms with Crippen LogP contribution in [0.15, 0.2) is 18.2 Å². The lowest BCUT2D eigenvalue weighted by Gasteiger charge is -2.39. The van der Waals surface area contributed by atoms with E-state index in [1.807, 2.05) is 32.6 Å². The molecule has 1 saturated carbocycles. The summed E-state index contributed by atoms with van der Waals surface area (Å²) in [6.45, 7) is 9.25. The molecule has 6 heteroatoms. The SMILES string of the molecule is COC(=O)[C@@H](C)[C@H](c1ccc2c(c1)N[C@@H](C1CCN(C(=O)OC(C)(C)C)CC1)CC2)C1CC1. The van der Waals surface area contributed by atoms with Crippen LogP contribution in [0.1, 0.15) is 76.8 Å². The van der Waals surface area contributed by atoms with E-state index in [9.17, 15) is 9.59 Å². The molecule has 0 aromatic heterocycles. The first-order valence-corrected chi connectivity index (χ1v) is 12.6. The van der Waals surface area contributed by atoms with Gasteiger partial charge in [0.1, 0.15) is 5.60 Å². The predicted molar refractivity (Wildman–Crippen MR) is 129 cm³/mol. The zero-order valence-electron chi connectivity index (χ0n) is 20.9. The fourth-order valence-electron chi connectivity index (χ4n) is 5.66. The molecule has 33 heavy (non-hydrogen) atoms. The average Bonchev–Trinajstić information content (AvgIpc) is 3.62. The fourth-order valence-corrected chi connectivity index (χ4v) is 5.66. The molecular weight excluding hydrogens is 416 g/mol. The number of anilines is 1. The van der Waals surface area contributed by atoms with Gasteiger partial charge < -0.3 is 19.7 Å². The van der Waals surface area contributed by atoms with Gasteiger partial charge >= 0.3 is 12.1 Å². The summed E-state index contributed by atoms with van der Waals surface area (Å²) < 4.78 is 10.6. The van der Waals surface area contributed by atoms with Gasteiger partial charge in [-0.05, 0) is 94.2 Å². The summed E-state index contributed by atoms with van der Waals surface area (Å²) in [5.74, 6) is 1.11. The summed E-state index contributed by atoms with van der Waals surface area (Å²) in [5.41, 5.74) is 3.38. The van der Waals surface area contributed by atoms with E-state index < -0.39 is 5.60 Å².